The van der Waals surface area contributed by atoms with Crippen LogP contribution >= 0.6 is 23.2 Å². The average molecular weight is 515 g/mol. The number of carbonyl (C=O) groups is 2. The maximum Gasteiger partial charge on any atom is 0.410 e. The van der Waals surface area contributed by atoms with Gasteiger partial charge in [0, 0.05) is 34.3 Å². The highest BCUT2D eigenvalue weighted by Gasteiger charge is 2.40. The van der Waals surface area contributed by atoms with E-state index in [0.717, 1.165) is 18.2 Å². The first-order valence-corrected chi connectivity index (χ1v) is 11.2. The van der Waals surface area contributed by atoms with Crippen molar-refractivity contribution in [3.63, 3.8) is 0 Å². The number of aromatic nitrogens is 1. The van der Waals surface area contributed by atoms with Crippen molar-refractivity contribution in [2.75, 3.05) is 13.2 Å². The second-order valence-corrected chi connectivity index (χ2v) is 8.57. The lowest BCUT2D eigenvalue weighted by Gasteiger charge is -2.33. The third kappa shape index (κ3) is 6.43. The fraction of sp³-hybridized carbons (Fsp3) is 0.348. The molecule has 34 heavy (non-hydrogen) atoms. The van der Waals surface area contributed by atoms with Gasteiger partial charge in [-0.1, -0.05) is 41.4 Å². The van der Waals surface area contributed by atoms with Crippen LogP contribution in [-0.4, -0.2) is 57.5 Å². The highest BCUT2D eigenvalue weighted by Crippen LogP contribution is 2.36. The van der Waals surface area contributed by atoms with Gasteiger partial charge in [0.2, 0.25) is 0 Å². The molecule has 2 heterocycles. The summed E-state index contributed by atoms with van der Waals surface area (Å²) in [6.45, 7) is 0.339. The molecule has 1 aromatic heterocycles. The van der Waals surface area contributed by atoms with Crippen molar-refractivity contribution in [1.82, 2.24) is 9.88 Å². The largest absolute Gasteiger partial charge is 0.477 e. The van der Waals surface area contributed by atoms with Crippen molar-refractivity contribution >= 4 is 35.3 Å². The minimum atomic E-state index is -3.66. The van der Waals surface area contributed by atoms with Crippen LogP contribution in [0.25, 0.3) is 0 Å². The summed E-state index contributed by atoms with van der Waals surface area (Å²) in [5.74, 6) is -4.80. The number of nitrogens with zero attached hydrogens (tertiary/aromatic N) is 2. The number of carboxylic acid groups (broad SMARTS) is 1. The van der Waals surface area contributed by atoms with Crippen LogP contribution in [-0.2, 0) is 17.1 Å². The topological polar surface area (TPSA) is 100.0 Å². The standard InChI is InChI=1S/C23H22Cl2F2N2O5/c24-15-11-14(12-16(25)13-15)23(26,27)20(30)7-6-18-8-10-34-22(33)29(18)9-2-4-17-3-1-5-19(28-17)21(31)32/h1,3,5-7,11-13,18,20,30H,2,4,8-10H2,(H,31,32)/t18-,20?/m0/s1. The van der Waals surface area contributed by atoms with Gasteiger partial charge >= 0.3 is 18.0 Å². The van der Waals surface area contributed by atoms with Crippen LogP contribution in [0.1, 0.15) is 34.6 Å². The van der Waals surface area contributed by atoms with Gasteiger partial charge in [0.25, 0.3) is 0 Å². The van der Waals surface area contributed by atoms with Crippen LogP contribution in [0.3, 0.4) is 0 Å². The molecule has 1 unspecified atom stereocenters. The van der Waals surface area contributed by atoms with Gasteiger partial charge in [-0.05, 0) is 43.2 Å². The number of carboxylic acids is 1. The molecule has 3 rings (SSSR count). The Hall–Kier alpha value is -2.75. The first kappa shape index (κ1) is 25.9. The number of hydrogen-bond donors (Lipinski definition) is 2. The fourth-order valence-electron chi connectivity index (χ4n) is 3.54. The number of rotatable bonds is 9. The Kier molecular flexibility index (Phi) is 8.46. The number of alkyl halides is 2. The van der Waals surface area contributed by atoms with Gasteiger partial charge in [-0.3, -0.25) is 0 Å². The van der Waals surface area contributed by atoms with Crippen LogP contribution in [0, 0.1) is 0 Å². The Morgan fingerprint density at radius 3 is 2.68 bits per heavy atom. The molecular formula is C23H22Cl2F2N2O5. The number of halogens is 4. The lowest BCUT2D eigenvalue weighted by molar-refractivity contribution is -0.0929. The van der Waals surface area contributed by atoms with Gasteiger partial charge in [-0.2, -0.15) is 8.78 Å². The van der Waals surface area contributed by atoms with E-state index in [1.54, 1.807) is 12.1 Å². The lowest BCUT2D eigenvalue weighted by atomic mass is 10.0. The summed E-state index contributed by atoms with van der Waals surface area (Å²) in [5.41, 5.74) is -0.0580. The molecule has 0 radical (unpaired) electrons. The quantitative estimate of drug-likeness (QED) is 0.459. The molecule has 2 N–H and O–H groups in total. The molecule has 0 spiro atoms. The number of cyclic esters (lactones) is 1. The predicted molar refractivity (Wildman–Crippen MR) is 121 cm³/mol. The summed E-state index contributed by atoms with van der Waals surface area (Å²) in [6.07, 6.45) is 0.723. The van der Waals surface area contributed by atoms with Crippen molar-refractivity contribution in [2.24, 2.45) is 0 Å². The van der Waals surface area contributed by atoms with Crippen LogP contribution in [0.2, 0.25) is 10.0 Å². The summed E-state index contributed by atoms with van der Waals surface area (Å²) in [6, 6.07) is 7.45. The van der Waals surface area contributed by atoms with Gasteiger partial charge in [-0.25, -0.2) is 14.6 Å². The average Bonchev–Trinajstić information content (AvgIpc) is 2.78. The Balaban J connectivity index is 1.66. The molecule has 1 aliphatic heterocycles. The second-order valence-electron chi connectivity index (χ2n) is 7.70. The number of hydrogen-bond acceptors (Lipinski definition) is 5. The normalized spacial score (nSPS) is 17.6. The first-order valence-electron chi connectivity index (χ1n) is 10.4. The van der Waals surface area contributed by atoms with Crippen molar-refractivity contribution < 1.29 is 33.3 Å². The lowest BCUT2D eigenvalue weighted by Crippen LogP contribution is -2.45. The predicted octanol–water partition coefficient (Wildman–Crippen LogP) is 4.94. The number of amides is 1. The molecule has 1 aromatic carbocycles. The number of pyridine rings is 1. The summed E-state index contributed by atoms with van der Waals surface area (Å²) >= 11 is 11.6. The van der Waals surface area contributed by atoms with Crippen molar-refractivity contribution in [3.8, 4) is 0 Å². The zero-order chi connectivity index (χ0) is 24.9. The van der Waals surface area contributed by atoms with Gasteiger partial charge in [0.1, 0.15) is 11.8 Å². The van der Waals surface area contributed by atoms with E-state index in [4.69, 9.17) is 33.0 Å². The van der Waals surface area contributed by atoms with Crippen molar-refractivity contribution in [3.05, 3.63) is 75.5 Å². The first-order chi connectivity index (χ1) is 16.1. The van der Waals surface area contributed by atoms with E-state index in [9.17, 15) is 23.5 Å². The Labute approximate surface area is 204 Å². The summed E-state index contributed by atoms with van der Waals surface area (Å²) < 4.78 is 34.6. The molecule has 1 aliphatic rings. The van der Waals surface area contributed by atoms with Gasteiger partial charge < -0.3 is 19.8 Å². The number of aliphatic hydroxyl groups is 1. The van der Waals surface area contributed by atoms with Crippen LogP contribution in [0.15, 0.2) is 48.6 Å². The molecule has 2 aromatic rings. The Morgan fingerprint density at radius 2 is 2.00 bits per heavy atom. The monoisotopic (exact) mass is 514 g/mol. The van der Waals surface area contributed by atoms with E-state index in [0.29, 0.717) is 25.0 Å². The van der Waals surface area contributed by atoms with E-state index in [1.165, 1.54) is 23.1 Å². The molecule has 7 nitrogen and oxygen atoms in total. The molecule has 2 atom stereocenters. The van der Waals surface area contributed by atoms with E-state index in [-0.39, 0.29) is 28.9 Å². The molecular weight excluding hydrogens is 493 g/mol. The zero-order valence-corrected chi connectivity index (χ0v) is 19.3. The van der Waals surface area contributed by atoms with E-state index in [1.807, 2.05) is 0 Å². The Morgan fingerprint density at radius 1 is 1.29 bits per heavy atom. The minimum Gasteiger partial charge on any atom is -0.477 e. The number of carbonyl (C=O) groups excluding carboxylic acids is 1. The highest BCUT2D eigenvalue weighted by atomic mass is 35.5. The van der Waals surface area contributed by atoms with E-state index < -0.39 is 35.7 Å². The van der Waals surface area contributed by atoms with Crippen LogP contribution in [0.4, 0.5) is 13.6 Å². The van der Waals surface area contributed by atoms with Crippen molar-refractivity contribution in [1.29, 1.82) is 0 Å². The van der Waals surface area contributed by atoms with Crippen LogP contribution < -0.4 is 0 Å². The SMILES string of the molecule is O=C(O)c1cccc(CCCN2C(=O)OCC[C@@H]2C=CC(O)C(F)(F)c2cc(Cl)cc(Cl)c2)n1. The van der Waals surface area contributed by atoms with E-state index in [2.05, 4.69) is 4.98 Å². The molecule has 182 valence electrons. The maximum absolute atomic E-state index is 14.7. The smallest absolute Gasteiger partial charge is 0.410 e. The minimum absolute atomic E-state index is 0.0166. The van der Waals surface area contributed by atoms with Gasteiger partial charge in [0.05, 0.1) is 12.6 Å². The molecule has 0 bridgehead atoms. The van der Waals surface area contributed by atoms with Gasteiger partial charge in [-0.15, -0.1) is 0 Å². The van der Waals surface area contributed by atoms with Gasteiger partial charge in [0.15, 0.2) is 0 Å². The Bertz CT molecular complexity index is 1060. The molecule has 1 saturated heterocycles. The molecule has 0 aliphatic carbocycles. The zero-order valence-electron chi connectivity index (χ0n) is 17.8. The second kappa shape index (κ2) is 11.1. The number of aliphatic hydroxyl groups excluding tert-OH is 1. The maximum atomic E-state index is 14.7. The molecule has 11 heteroatoms. The molecule has 0 saturated carbocycles. The third-order valence-electron chi connectivity index (χ3n) is 5.27. The number of aromatic carboxylic acids is 1. The van der Waals surface area contributed by atoms with Crippen molar-refractivity contribution in [2.45, 2.75) is 37.3 Å². The molecule has 1 amide bonds. The highest BCUT2D eigenvalue weighted by molar-refractivity contribution is 6.34. The molecule has 1 fully saturated rings. The van der Waals surface area contributed by atoms with Crippen LogP contribution in [0.5, 0.6) is 0 Å². The number of aryl methyl sites for hydroxylation is 1. The third-order valence-corrected chi connectivity index (χ3v) is 5.70. The number of ether oxygens (including phenoxy) is 1. The van der Waals surface area contributed by atoms with E-state index >= 15 is 0 Å². The number of benzene rings is 1. The summed E-state index contributed by atoms with van der Waals surface area (Å²) in [4.78, 5) is 28.7. The fourth-order valence-corrected chi connectivity index (χ4v) is 4.06. The summed E-state index contributed by atoms with van der Waals surface area (Å²) in [7, 11) is 0. The summed E-state index contributed by atoms with van der Waals surface area (Å²) in [5, 5.41) is 19.3.